The maximum Gasteiger partial charge on any atom is 0.343 e. The number of rotatable bonds is 5. The number of aryl methyl sites for hydroxylation is 1. The van der Waals surface area contributed by atoms with Gasteiger partial charge in [0.25, 0.3) is 11.1 Å². The largest absolute Gasteiger partial charge is 0.422 e. The van der Waals surface area contributed by atoms with Crippen molar-refractivity contribution in [3.05, 3.63) is 104 Å². The fraction of sp³-hybridized carbons (Fsp3) is 0.0800. The van der Waals surface area contributed by atoms with E-state index < -0.39 is 22.9 Å². The SMILES string of the molecule is Cc1ccc(C(=O)Oc2ccc(Br)cc2/C=C2\SC(=O)N(Cc3ccccc3F)C2=O)cc1. The lowest BCUT2D eigenvalue weighted by atomic mass is 10.1. The third-order valence-electron chi connectivity index (χ3n) is 4.91. The number of carbonyl (C=O) groups excluding carboxylic acids is 3. The topological polar surface area (TPSA) is 63.7 Å². The summed E-state index contributed by atoms with van der Waals surface area (Å²) < 4.78 is 20.3. The summed E-state index contributed by atoms with van der Waals surface area (Å²) in [6, 6.07) is 17.9. The van der Waals surface area contributed by atoms with Crippen LogP contribution in [-0.2, 0) is 11.3 Å². The highest BCUT2D eigenvalue weighted by atomic mass is 79.9. The molecule has 2 amide bonds. The summed E-state index contributed by atoms with van der Waals surface area (Å²) in [6.07, 6.45) is 1.49. The van der Waals surface area contributed by atoms with E-state index in [-0.39, 0.29) is 22.8 Å². The van der Waals surface area contributed by atoms with Crippen molar-refractivity contribution in [3.8, 4) is 5.75 Å². The molecule has 1 heterocycles. The number of carbonyl (C=O) groups is 3. The van der Waals surface area contributed by atoms with Gasteiger partial charge in [-0.15, -0.1) is 0 Å². The molecule has 8 heteroatoms. The zero-order chi connectivity index (χ0) is 23.5. The number of imide groups is 1. The molecule has 3 aromatic rings. The number of nitrogens with zero attached hydrogens (tertiary/aromatic N) is 1. The second-order valence-electron chi connectivity index (χ2n) is 7.30. The fourth-order valence-corrected chi connectivity index (χ4v) is 4.36. The molecule has 1 aliphatic rings. The first kappa shape index (κ1) is 22.9. The molecule has 0 atom stereocenters. The molecule has 4 rings (SSSR count). The van der Waals surface area contributed by atoms with E-state index in [0.717, 1.165) is 22.2 Å². The summed E-state index contributed by atoms with van der Waals surface area (Å²) in [6.45, 7) is 1.75. The van der Waals surface area contributed by atoms with Crippen LogP contribution in [-0.4, -0.2) is 22.0 Å². The van der Waals surface area contributed by atoms with Crippen LogP contribution < -0.4 is 4.74 Å². The number of esters is 1. The Morgan fingerprint density at radius 2 is 1.82 bits per heavy atom. The second kappa shape index (κ2) is 9.72. The van der Waals surface area contributed by atoms with E-state index in [1.54, 1.807) is 42.5 Å². The molecule has 0 unspecified atom stereocenters. The third-order valence-corrected chi connectivity index (χ3v) is 6.31. The molecule has 0 saturated carbocycles. The van der Waals surface area contributed by atoms with Crippen molar-refractivity contribution in [1.82, 2.24) is 4.90 Å². The van der Waals surface area contributed by atoms with Crippen molar-refractivity contribution < 1.29 is 23.5 Å². The Morgan fingerprint density at radius 3 is 2.55 bits per heavy atom. The first-order valence-electron chi connectivity index (χ1n) is 9.89. The molecule has 0 bridgehead atoms. The van der Waals surface area contributed by atoms with Crippen LogP contribution in [0.4, 0.5) is 9.18 Å². The lowest BCUT2D eigenvalue weighted by molar-refractivity contribution is -0.123. The van der Waals surface area contributed by atoms with Gasteiger partial charge in [0.1, 0.15) is 11.6 Å². The zero-order valence-corrected chi connectivity index (χ0v) is 19.8. The smallest absolute Gasteiger partial charge is 0.343 e. The number of amides is 2. The third kappa shape index (κ3) is 5.23. The van der Waals surface area contributed by atoms with Crippen LogP contribution in [0.5, 0.6) is 5.75 Å². The van der Waals surface area contributed by atoms with E-state index in [2.05, 4.69) is 15.9 Å². The molecule has 1 saturated heterocycles. The Morgan fingerprint density at radius 1 is 1.09 bits per heavy atom. The molecule has 1 fully saturated rings. The van der Waals surface area contributed by atoms with Crippen LogP contribution in [0.1, 0.15) is 27.0 Å². The van der Waals surface area contributed by atoms with Gasteiger partial charge in [0.05, 0.1) is 17.0 Å². The lowest BCUT2D eigenvalue weighted by Crippen LogP contribution is -2.27. The molecular formula is C25H17BrFNO4S. The minimum absolute atomic E-state index is 0.155. The van der Waals surface area contributed by atoms with Crippen molar-refractivity contribution in [1.29, 1.82) is 0 Å². The minimum atomic E-state index is -0.542. The van der Waals surface area contributed by atoms with E-state index in [9.17, 15) is 18.8 Å². The predicted molar refractivity (Wildman–Crippen MR) is 128 cm³/mol. The molecule has 5 nitrogen and oxygen atoms in total. The van der Waals surface area contributed by atoms with Crippen molar-refractivity contribution in [2.24, 2.45) is 0 Å². The van der Waals surface area contributed by atoms with Gasteiger partial charge in [0, 0.05) is 15.6 Å². The van der Waals surface area contributed by atoms with E-state index in [1.807, 2.05) is 19.1 Å². The monoisotopic (exact) mass is 525 g/mol. The van der Waals surface area contributed by atoms with Crippen LogP contribution >= 0.6 is 27.7 Å². The molecule has 0 aliphatic carbocycles. The number of thioether (sulfide) groups is 1. The molecule has 1 aliphatic heterocycles. The van der Waals surface area contributed by atoms with Crippen LogP contribution in [0.2, 0.25) is 0 Å². The number of hydrogen-bond donors (Lipinski definition) is 0. The molecule has 0 spiro atoms. The summed E-state index contributed by atoms with van der Waals surface area (Å²) in [5.41, 5.74) is 2.10. The van der Waals surface area contributed by atoms with Gasteiger partial charge in [-0.25, -0.2) is 9.18 Å². The summed E-state index contributed by atoms with van der Waals surface area (Å²) in [4.78, 5) is 39.1. The van der Waals surface area contributed by atoms with Gasteiger partial charge in [-0.05, 0) is 61.2 Å². The fourth-order valence-electron chi connectivity index (χ4n) is 3.15. The number of hydrogen-bond acceptors (Lipinski definition) is 5. The van der Waals surface area contributed by atoms with Gasteiger partial charge in [-0.1, -0.05) is 51.8 Å². The van der Waals surface area contributed by atoms with E-state index in [4.69, 9.17) is 4.74 Å². The second-order valence-corrected chi connectivity index (χ2v) is 9.21. The van der Waals surface area contributed by atoms with Crippen molar-refractivity contribution >= 4 is 50.9 Å². The Kier molecular flexibility index (Phi) is 6.76. The molecule has 3 aromatic carbocycles. The highest BCUT2D eigenvalue weighted by Gasteiger charge is 2.35. The Bertz CT molecular complexity index is 1290. The Balaban J connectivity index is 1.59. The average molecular weight is 526 g/mol. The standard InChI is InChI=1S/C25H17BrFNO4S/c1-15-6-8-16(9-7-15)24(30)32-21-11-10-19(26)12-18(21)13-22-23(29)28(25(31)33-22)14-17-4-2-3-5-20(17)27/h2-13H,14H2,1H3/b22-13-. The maximum absolute atomic E-state index is 14.0. The first-order chi connectivity index (χ1) is 15.8. The van der Waals surface area contributed by atoms with Crippen LogP contribution in [0.15, 0.2) is 76.1 Å². The molecular weight excluding hydrogens is 509 g/mol. The number of halogens is 2. The predicted octanol–water partition coefficient (Wildman–Crippen LogP) is 6.35. The molecule has 33 heavy (non-hydrogen) atoms. The van der Waals surface area contributed by atoms with Gasteiger partial charge in [0.2, 0.25) is 0 Å². The van der Waals surface area contributed by atoms with E-state index >= 15 is 0 Å². The number of ether oxygens (including phenoxy) is 1. The Hall–Kier alpha value is -3.23. The summed E-state index contributed by atoms with van der Waals surface area (Å²) in [5, 5.41) is -0.497. The molecule has 0 N–H and O–H groups in total. The Labute approximate surface area is 202 Å². The molecule has 0 radical (unpaired) electrons. The quantitative estimate of drug-likeness (QED) is 0.220. The number of benzene rings is 3. The summed E-state index contributed by atoms with van der Waals surface area (Å²) in [7, 11) is 0. The normalized spacial score (nSPS) is 14.8. The van der Waals surface area contributed by atoms with Gasteiger partial charge >= 0.3 is 5.97 Å². The maximum atomic E-state index is 14.0. The highest BCUT2D eigenvalue weighted by Crippen LogP contribution is 2.36. The summed E-state index contributed by atoms with van der Waals surface area (Å²) in [5.74, 6) is -1.33. The summed E-state index contributed by atoms with van der Waals surface area (Å²) >= 11 is 4.13. The zero-order valence-electron chi connectivity index (χ0n) is 17.4. The molecule has 166 valence electrons. The van der Waals surface area contributed by atoms with Crippen LogP contribution in [0, 0.1) is 12.7 Å². The van der Waals surface area contributed by atoms with Crippen LogP contribution in [0.25, 0.3) is 6.08 Å². The average Bonchev–Trinajstić information content (AvgIpc) is 3.05. The van der Waals surface area contributed by atoms with E-state index in [0.29, 0.717) is 15.6 Å². The molecule has 0 aromatic heterocycles. The van der Waals surface area contributed by atoms with Crippen molar-refractivity contribution in [2.75, 3.05) is 0 Å². The van der Waals surface area contributed by atoms with Gasteiger partial charge < -0.3 is 4.74 Å². The van der Waals surface area contributed by atoms with Crippen molar-refractivity contribution in [2.45, 2.75) is 13.5 Å². The minimum Gasteiger partial charge on any atom is -0.422 e. The van der Waals surface area contributed by atoms with Gasteiger partial charge in [-0.3, -0.25) is 14.5 Å². The first-order valence-corrected chi connectivity index (χ1v) is 11.5. The lowest BCUT2D eigenvalue weighted by Gasteiger charge is -2.13. The van der Waals surface area contributed by atoms with Crippen molar-refractivity contribution in [3.63, 3.8) is 0 Å². The highest BCUT2D eigenvalue weighted by molar-refractivity contribution is 9.10. The van der Waals surface area contributed by atoms with Gasteiger partial charge in [-0.2, -0.15) is 0 Å². The van der Waals surface area contributed by atoms with Gasteiger partial charge in [0.15, 0.2) is 0 Å². The van der Waals surface area contributed by atoms with Crippen LogP contribution in [0.3, 0.4) is 0 Å². The van der Waals surface area contributed by atoms with E-state index in [1.165, 1.54) is 18.2 Å².